The van der Waals surface area contributed by atoms with E-state index < -0.39 is 0 Å². The molecule has 1 rings (SSSR count). The molecule has 0 radical (unpaired) electrons. The normalized spacial score (nSPS) is 10.0. The van der Waals surface area contributed by atoms with Crippen LogP contribution in [0, 0.1) is 0 Å². The standard InChI is InChI=1S/C14H21N3OS/c1-3-16(4-2)14(18)17(11-10-13(15)19)12-8-6-5-7-9-12/h5-9H,3-4,10-11H2,1-2H3,(H2,15,19). The summed E-state index contributed by atoms with van der Waals surface area (Å²) >= 11 is 4.90. The minimum atomic E-state index is -0.00699. The number of carbonyl (C=O) groups is 1. The molecule has 0 saturated heterocycles. The molecule has 0 aromatic heterocycles. The van der Waals surface area contributed by atoms with Crippen molar-refractivity contribution in [3.8, 4) is 0 Å². The Hall–Kier alpha value is -1.62. The van der Waals surface area contributed by atoms with Crippen molar-refractivity contribution >= 4 is 28.9 Å². The molecular formula is C14H21N3OS. The number of rotatable bonds is 6. The average Bonchev–Trinajstić information content (AvgIpc) is 2.41. The van der Waals surface area contributed by atoms with Crippen LogP contribution in [0.5, 0.6) is 0 Å². The number of carbonyl (C=O) groups excluding carboxylic acids is 1. The summed E-state index contributed by atoms with van der Waals surface area (Å²) in [7, 11) is 0. The fourth-order valence-corrected chi connectivity index (χ4v) is 1.92. The van der Waals surface area contributed by atoms with Gasteiger partial charge in [0.05, 0.1) is 4.99 Å². The first-order valence-corrected chi connectivity index (χ1v) is 6.90. The summed E-state index contributed by atoms with van der Waals surface area (Å²) in [5, 5.41) is 0. The summed E-state index contributed by atoms with van der Waals surface area (Å²) in [6.07, 6.45) is 0.525. The van der Waals surface area contributed by atoms with Gasteiger partial charge in [-0.15, -0.1) is 0 Å². The van der Waals surface area contributed by atoms with Crippen molar-refractivity contribution in [3.63, 3.8) is 0 Å². The van der Waals surface area contributed by atoms with Crippen molar-refractivity contribution < 1.29 is 4.79 Å². The summed E-state index contributed by atoms with van der Waals surface area (Å²) in [6, 6.07) is 9.59. The molecule has 0 spiro atoms. The zero-order chi connectivity index (χ0) is 14.3. The van der Waals surface area contributed by atoms with Crippen molar-refractivity contribution in [3.05, 3.63) is 30.3 Å². The van der Waals surface area contributed by atoms with Crippen LogP contribution in [0.3, 0.4) is 0 Å². The van der Waals surface area contributed by atoms with Crippen molar-refractivity contribution in [1.82, 2.24) is 4.90 Å². The van der Waals surface area contributed by atoms with Gasteiger partial charge in [-0.1, -0.05) is 30.4 Å². The van der Waals surface area contributed by atoms with E-state index in [4.69, 9.17) is 18.0 Å². The summed E-state index contributed by atoms with van der Waals surface area (Å²) in [5.41, 5.74) is 6.41. The monoisotopic (exact) mass is 279 g/mol. The third-order valence-corrected chi connectivity index (χ3v) is 3.12. The zero-order valence-electron chi connectivity index (χ0n) is 11.5. The van der Waals surface area contributed by atoms with Crippen molar-refractivity contribution in [2.45, 2.75) is 20.3 Å². The van der Waals surface area contributed by atoms with E-state index in [0.717, 1.165) is 5.69 Å². The number of benzene rings is 1. The highest BCUT2D eigenvalue weighted by atomic mass is 32.1. The predicted molar refractivity (Wildman–Crippen MR) is 83.5 cm³/mol. The summed E-state index contributed by atoms with van der Waals surface area (Å²) in [4.78, 5) is 16.4. The maximum absolute atomic E-state index is 12.5. The van der Waals surface area contributed by atoms with Crippen LogP contribution in [0.1, 0.15) is 20.3 Å². The van der Waals surface area contributed by atoms with Crippen LogP contribution in [0.25, 0.3) is 0 Å². The topological polar surface area (TPSA) is 49.6 Å². The van der Waals surface area contributed by atoms with Gasteiger partial charge in [0.1, 0.15) is 0 Å². The molecule has 2 amide bonds. The van der Waals surface area contributed by atoms with Crippen molar-refractivity contribution in [2.75, 3.05) is 24.5 Å². The van der Waals surface area contributed by atoms with Crippen molar-refractivity contribution in [2.24, 2.45) is 5.73 Å². The number of para-hydroxylation sites is 1. The number of nitrogens with two attached hydrogens (primary N) is 1. The van der Waals surface area contributed by atoms with E-state index in [2.05, 4.69) is 0 Å². The Bertz CT molecular complexity index is 418. The van der Waals surface area contributed by atoms with E-state index in [1.54, 1.807) is 9.80 Å². The van der Waals surface area contributed by atoms with Crippen LogP contribution < -0.4 is 10.6 Å². The highest BCUT2D eigenvalue weighted by Gasteiger charge is 2.19. The zero-order valence-corrected chi connectivity index (χ0v) is 12.3. The molecule has 0 aliphatic rings. The van der Waals surface area contributed by atoms with Gasteiger partial charge in [-0.2, -0.15) is 0 Å². The lowest BCUT2D eigenvalue weighted by atomic mass is 10.2. The number of urea groups is 1. The first-order chi connectivity index (χ1) is 9.10. The Morgan fingerprint density at radius 2 is 1.79 bits per heavy atom. The van der Waals surface area contributed by atoms with Crippen LogP contribution in [-0.4, -0.2) is 35.6 Å². The Kier molecular flexibility index (Phi) is 6.29. The second-order valence-electron chi connectivity index (χ2n) is 4.16. The highest BCUT2D eigenvalue weighted by molar-refractivity contribution is 7.80. The van der Waals surface area contributed by atoms with Gasteiger partial charge >= 0.3 is 6.03 Å². The first-order valence-electron chi connectivity index (χ1n) is 6.49. The smallest absolute Gasteiger partial charge is 0.324 e. The van der Waals surface area contributed by atoms with Crippen LogP contribution in [0.4, 0.5) is 10.5 Å². The van der Waals surface area contributed by atoms with E-state index in [-0.39, 0.29) is 6.03 Å². The number of nitrogens with zero attached hydrogens (tertiary/aromatic N) is 2. The predicted octanol–water partition coefficient (Wildman–Crippen LogP) is 2.63. The molecule has 2 N–H and O–H groups in total. The van der Waals surface area contributed by atoms with Gasteiger partial charge in [-0.3, -0.25) is 4.90 Å². The van der Waals surface area contributed by atoms with Gasteiger partial charge in [0.25, 0.3) is 0 Å². The molecule has 104 valence electrons. The molecule has 0 fully saturated rings. The number of amides is 2. The molecule has 0 bridgehead atoms. The molecule has 0 heterocycles. The Morgan fingerprint density at radius 3 is 2.26 bits per heavy atom. The first kappa shape index (κ1) is 15.4. The van der Waals surface area contributed by atoms with Crippen LogP contribution in [0.15, 0.2) is 30.3 Å². The largest absolute Gasteiger partial charge is 0.393 e. The van der Waals surface area contributed by atoms with Crippen LogP contribution in [0.2, 0.25) is 0 Å². The molecule has 0 aliphatic carbocycles. The maximum Gasteiger partial charge on any atom is 0.324 e. The third kappa shape index (κ3) is 4.52. The van der Waals surface area contributed by atoms with Gasteiger partial charge in [-0.25, -0.2) is 4.79 Å². The molecule has 0 aliphatic heterocycles. The Labute approximate surface area is 120 Å². The third-order valence-electron chi connectivity index (χ3n) is 2.91. The van der Waals surface area contributed by atoms with E-state index >= 15 is 0 Å². The molecule has 0 saturated carbocycles. The number of thiocarbonyl (C=S) groups is 1. The van der Waals surface area contributed by atoms with Gasteiger partial charge in [0.15, 0.2) is 0 Å². The van der Waals surface area contributed by atoms with Crippen LogP contribution in [-0.2, 0) is 0 Å². The Morgan fingerprint density at radius 1 is 1.21 bits per heavy atom. The summed E-state index contributed by atoms with van der Waals surface area (Å²) in [5.74, 6) is 0. The molecule has 1 aromatic rings. The minimum Gasteiger partial charge on any atom is -0.393 e. The van der Waals surface area contributed by atoms with Gasteiger partial charge in [0, 0.05) is 31.7 Å². The van der Waals surface area contributed by atoms with Gasteiger partial charge < -0.3 is 10.6 Å². The Balaban J connectivity index is 2.92. The number of hydrogen-bond acceptors (Lipinski definition) is 2. The molecule has 1 aromatic carbocycles. The van der Waals surface area contributed by atoms with E-state index in [0.29, 0.717) is 31.0 Å². The molecule has 0 atom stereocenters. The lowest BCUT2D eigenvalue weighted by molar-refractivity contribution is 0.210. The summed E-state index contributed by atoms with van der Waals surface area (Å²) in [6.45, 7) is 5.82. The minimum absolute atomic E-state index is 0.00699. The number of hydrogen-bond donors (Lipinski definition) is 1. The van der Waals surface area contributed by atoms with Gasteiger partial charge in [-0.05, 0) is 26.0 Å². The van der Waals surface area contributed by atoms with E-state index in [1.165, 1.54) is 0 Å². The average molecular weight is 279 g/mol. The maximum atomic E-state index is 12.5. The second kappa shape index (κ2) is 7.74. The van der Waals surface area contributed by atoms with Gasteiger partial charge in [0.2, 0.25) is 0 Å². The summed E-state index contributed by atoms with van der Waals surface area (Å²) < 4.78 is 0. The lowest BCUT2D eigenvalue weighted by Crippen LogP contribution is -2.44. The SMILES string of the molecule is CCN(CC)C(=O)N(CCC(N)=S)c1ccccc1. The van der Waals surface area contributed by atoms with Crippen LogP contribution >= 0.6 is 12.2 Å². The highest BCUT2D eigenvalue weighted by Crippen LogP contribution is 2.16. The fraction of sp³-hybridized carbons (Fsp3) is 0.429. The van der Waals surface area contributed by atoms with Crippen molar-refractivity contribution in [1.29, 1.82) is 0 Å². The second-order valence-corrected chi connectivity index (χ2v) is 4.68. The van der Waals surface area contributed by atoms with E-state index in [9.17, 15) is 4.79 Å². The fourth-order valence-electron chi connectivity index (χ4n) is 1.83. The molecular weight excluding hydrogens is 258 g/mol. The van der Waals surface area contributed by atoms with E-state index in [1.807, 2.05) is 44.2 Å². The molecule has 5 heteroatoms. The molecule has 0 unspecified atom stereocenters. The molecule has 4 nitrogen and oxygen atoms in total. The quantitative estimate of drug-likeness (QED) is 0.814. The lowest BCUT2D eigenvalue weighted by Gasteiger charge is -2.29. The number of anilines is 1. The molecule has 19 heavy (non-hydrogen) atoms.